The second kappa shape index (κ2) is 6.84. The van der Waals surface area contributed by atoms with E-state index in [1.807, 2.05) is 0 Å². The Bertz CT molecular complexity index is 404. The van der Waals surface area contributed by atoms with Gasteiger partial charge in [0.2, 0.25) is 0 Å². The second-order valence-electron chi connectivity index (χ2n) is 4.48. The van der Waals surface area contributed by atoms with Crippen molar-refractivity contribution >= 4 is 0 Å². The Kier molecular flexibility index (Phi) is 5.13. The molecule has 1 aromatic carbocycles. The van der Waals surface area contributed by atoms with Crippen molar-refractivity contribution in [3.63, 3.8) is 0 Å². The molecule has 1 fully saturated rings. The number of ether oxygens (including phenoxy) is 3. The molecule has 1 unspecified atom stereocenters. The topological polar surface area (TPSA) is 47.9 Å². The van der Waals surface area contributed by atoms with Gasteiger partial charge in [0.1, 0.15) is 6.10 Å². The van der Waals surface area contributed by atoms with Gasteiger partial charge in [-0.15, -0.1) is 0 Å². The largest absolute Gasteiger partial charge is 0.493 e. The molecule has 1 saturated heterocycles. The van der Waals surface area contributed by atoms with Crippen molar-refractivity contribution in [3.8, 4) is 5.75 Å². The van der Waals surface area contributed by atoms with E-state index in [4.69, 9.17) is 14.2 Å². The first kappa shape index (κ1) is 14.2. The van der Waals surface area contributed by atoms with Gasteiger partial charge < -0.3 is 19.3 Å². The number of para-hydroxylation sites is 1. The number of benzene rings is 1. The molecule has 106 valence electrons. The molecule has 0 spiro atoms. The van der Waals surface area contributed by atoms with Crippen molar-refractivity contribution in [1.29, 1.82) is 0 Å². The molecule has 0 bridgehead atoms. The van der Waals surface area contributed by atoms with Crippen molar-refractivity contribution in [2.75, 3.05) is 26.9 Å². The molecule has 0 radical (unpaired) electrons. The molecule has 0 saturated carbocycles. The number of hydrogen-bond donors (Lipinski definition) is 1. The minimum Gasteiger partial charge on any atom is -0.493 e. The maximum atomic E-state index is 13.6. The van der Waals surface area contributed by atoms with E-state index >= 15 is 0 Å². The van der Waals surface area contributed by atoms with Crippen LogP contribution in [0.15, 0.2) is 18.2 Å². The van der Waals surface area contributed by atoms with Gasteiger partial charge in [-0.25, -0.2) is 4.39 Å². The summed E-state index contributed by atoms with van der Waals surface area (Å²) in [6, 6.07) is 4.62. The quantitative estimate of drug-likeness (QED) is 0.889. The molecule has 2 rings (SSSR count). The Balaban J connectivity index is 2.14. The normalized spacial score (nSPS) is 18.3. The SMILES string of the molecule is COc1c(F)cccc1C(CO)OC1CCOCC1. The van der Waals surface area contributed by atoms with Gasteiger partial charge in [-0.2, -0.15) is 0 Å². The molecule has 4 nitrogen and oxygen atoms in total. The molecular formula is C14H19FO4. The summed E-state index contributed by atoms with van der Waals surface area (Å²) in [6.07, 6.45) is 1.02. The molecule has 1 aliphatic rings. The highest BCUT2D eigenvalue weighted by atomic mass is 19.1. The third-order valence-corrected chi connectivity index (χ3v) is 3.24. The zero-order chi connectivity index (χ0) is 13.7. The summed E-state index contributed by atoms with van der Waals surface area (Å²) < 4.78 is 29.8. The van der Waals surface area contributed by atoms with E-state index in [9.17, 15) is 9.50 Å². The van der Waals surface area contributed by atoms with Crippen LogP contribution in [0, 0.1) is 5.82 Å². The van der Waals surface area contributed by atoms with E-state index in [1.54, 1.807) is 12.1 Å². The summed E-state index contributed by atoms with van der Waals surface area (Å²) in [4.78, 5) is 0. The van der Waals surface area contributed by atoms with Crippen molar-refractivity contribution in [3.05, 3.63) is 29.6 Å². The van der Waals surface area contributed by atoms with Crippen molar-refractivity contribution < 1.29 is 23.7 Å². The molecular weight excluding hydrogens is 251 g/mol. The van der Waals surface area contributed by atoms with Crippen molar-refractivity contribution in [1.82, 2.24) is 0 Å². The maximum absolute atomic E-state index is 13.6. The van der Waals surface area contributed by atoms with E-state index in [1.165, 1.54) is 13.2 Å². The van der Waals surface area contributed by atoms with Crippen LogP contribution < -0.4 is 4.74 Å². The molecule has 0 amide bonds. The Morgan fingerprint density at radius 3 is 2.79 bits per heavy atom. The standard InChI is InChI=1S/C14H19FO4/c1-17-14-11(3-2-4-12(14)15)13(9-16)19-10-5-7-18-8-6-10/h2-4,10,13,16H,5-9H2,1H3. The number of aliphatic hydroxyl groups excluding tert-OH is 1. The lowest BCUT2D eigenvalue weighted by atomic mass is 10.1. The third-order valence-electron chi connectivity index (χ3n) is 3.24. The summed E-state index contributed by atoms with van der Waals surface area (Å²) in [5.41, 5.74) is 0.538. The molecule has 0 aliphatic carbocycles. The van der Waals surface area contributed by atoms with Gasteiger partial charge in [-0.05, 0) is 18.9 Å². The number of rotatable bonds is 5. The van der Waals surface area contributed by atoms with Gasteiger partial charge in [0.15, 0.2) is 11.6 Å². The first-order valence-corrected chi connectivity index (χ1v) is 6.42. The van der Waals surface area contributed by atoms with Gasteiger partial charge in [0.05, 0.1) is 19.8 Å². The van der Waals surface area contributed by atoms with E-state index in [0.29, 0.717) is 18.8 Å². The minimum atomic E-state index is -0.575. The number of halogens is 1. The third kappa shape index (κ3) is 3.43. The second-order valence-corrected chi connectivity index (χ2v) is 4.48. The number of hydrogen-bond acceptors (Lipinski definition) is 4. The zero-order valence-corrected chi connectivity index (χ0v) is 11.0. The van der Waals surface area contributed by atoms with Crippen LogP contribution in [0.25, 0.3) is 0 Å². The lowest BCUT2D eigenvalue weighted by molar-refractivity contribution is -0.0854. The van der Waals surface area contributed by atoms with Crippen LogP contribution in [0.1, 0.15) is 24.5 Å². The Morgan fingerprint density at radius 2 is 2.16 bits per heavy atom. The predicted octanol–water partition coefficient (Wildman–Crippen LogP) is 2.06. The first-order chi connectivity index (χ1) is 9.26. The fourth-order valence-corrected chi connectivity index (χ4v) is 2.25. The van der Waals surface area contributed by atoms with E-state index < -0.39 is 11.9 Å². The van der Waals surface area contributed by atoms with Gasteiger partial charge in [-0.3, -0.25) is 0 Å². The number of aliphatic hydroxyl groups is 1. The minimum absolute atomic E-state index is 0.0267. The Morgan fingerprint density at radius 1 is 1.42 bits per heavy atom. The number of methoxy groups -OCH3 is 1. The van der Waals surface area contributed by atoms with E-state index in [2.05, 4.69) is 0 Å². The highest BCUT2D eigenvalue weighted by molar-refractivity contribution is 5.36. The van der Waals surface area contributed by atoms with Gasteiger partial charge in [0, 0.05) is 18.8 Å². The van der Waals surface area contributed by atoms with Gasteiger partial charge in [0.25, 0.3) is 0 Å². The van der Waals surface area contributed by atoms with Gasteiger partial charge >= 0.3 is 0 Å². The first-order valence-electron chi connectivity index (χ1n) is 6.42. The van der Waals surface area contributed by atoms with Crippen LogP contribution >= 0.6 is 0 Å². The molecule has 0 aromatic heterocycles. The fourth-order valence-electron chi connectivity index (χ4n) is 2.25. The summed E-state index contributed by atoms with van der Waals surface area (Å²) in [5.74, 6) is -0.317. The van der Waals surface area contributed by atoms with Gasteiger partial charge in [-0.1, -0.05) is 12.1 Å². The van der Waals surface area contributed by atoms with Crippen LogP contribution in [0.5, 0.6) is 5.75 Å². The Hall–Kier alpha value is -1.17. The average molecular weight is 270 g/mol. The van der Waals surface area contributed by atoms with Crippen LogP contribution in [0.2, 0.25) is 0 Å². The molecule has 19 heavy (non-hydrogen) atoms. The molecule has 1 aliphatic heterocycles. The molecule has 1 N–H and O–H groups in total. The van der Waals surface area contributed by atoms with Crippen molar-refractivity contribution in [2.45, 2.75) is 25.0 Å². The van der Waals surface area contributed by atoms with Crippen LogP contribution in [0.3, 0.4) is 0 Å². The molecule has 1 heterocycles. The lowest BCUT2D eigenvalue weighted by Gasteiger charge is -2.27. The predicted molar refractivity (Wildman–Crippen MR) is 67.7 cm³/mol. The maximum Gasteiger partial charge on any atom is 0.165 e. The van der Waals surface area contributed by atoms with Crippen molar-refractivity contribution in [2.24, 2.45) is 0 Å². The summed E-state index contributed by atoms with van der Waals surface area (Å²) in [6.45, 7) is 1.10. The zero-order valence-electron chi connectivity index (χ0n) is 11.0. The van der Waals surface area contributed by atoms with Crippen LogP contribution in [-0.4, -0.2) is 38.1 Å². The average Bonchev–Trinajstić information content (AvgIpc) is 2.45. The smallest absolute Gasteiger partial charge is 0.165 e. The highest BCUT2D eigenvalue weighted by Crippen LogP contribution is 2.31. The Labute approximate surface area is 112 Å². The monoisotopic (exact) mass is 270 g/mol. The molecule has 1 aromatic rings. The van der Waals surface area contributed by atoms with E-state index in [0.717, 1.165) is 12.8 Å². The lowest BCUT2D eigenvalue weighted by Crippen LogP contribution is -2.26. The highest BCUT2D eigenvalue weighted by Gasteiger charge is 2.24. The summed E-state index contributed by atoms with van der Waals surface area (Å²) >= 11 is 0. The fraction of sp³-hybridized carbons (Fsp3) is 0.571. The summed E-state index contributed by atoms with van der Waals surface area (Å²) in [5, 5.41) is 9.49. The molecule has 5 heteroatoms. The van der Waals surface area contributed by atoms with Crippen LogP contribution in [-0.2, 0) is 9.47 Å². The molecule has 1 atom stereocenters. The van der Waals surface area contributed by atoms with E-state index in [-0.39, 0.29) is 18.5 Å². The summed E-state index contributed by atoms with van der Waals surface area (Å²) in [7, 11) is 1.41. The van der Waals surface area contributed by atoms with Crippen LogP contribution in [0.4, 0.5) is 4.39 Å².